The van der Waals surface area contributed by atoms with Crippen molar-refractivity contribution in [3.63, 3.8) is 0 Å². The van der Waals surface area contributed by atoms with E-state index in [-0.39, 0.29) is 0 Å². The summed E-state index contributed by atoms with van der Waals surface area (Å²) >= 11 is 5.38. The summed E-state index contributed by atoms with van der Waals surface area (Å²) in [6.45, 7) is 3.62. The van der Waals surface area contributed by atoms with Crippen LogP contribution in [-0.2, 0) is 4.79 Å². The minimum absolute atomic E-state index is 0.750. The summed E-state index contributed by atoms with van der Waals surface area (Å²) in [7, 11) is 0. The molecule has 2 heteroatoms. The summed E-state index contributed by atoms with van der Waals surface area (Å²) in [6.07, 6.45) is 4.48. The van der Waals surface area contributed by atoms with Crippen molar-refractivity contribution >= 4 is 17.9 Å². The van der Waals surface area contributed by atoms with Crippen LogP contribution in [0.15, 0.2) is 0 Å². The van der Waals surface area contributed by atoms with Gasteiger partial charge in [-0.15, -0.1) is 11.6 Å². The van der Waals surface area contributed by atoms with Gasteiger partial charge in [-0.2, -0.15) is 0 Å². The van der Waals surface area contributed by atoms with Crippen LogP contribution >= 0.6 is 11.6 Å². The maximum absolute atomic E-state index is 8.81. The molecule has 0 rings (SSSR count). The number of halogens is 1. The third kappa shape index (κ3) is 32.3. The van der Waals surface area contributed by atoms with Crippen LogP contribution in [-0.4, -0.2) is 12.2 Å². The Hall–Kier alpha value is -0.0400. The van der Waals surface area contributed by atoms with Crippen molar-refractivity contribution < 1.29 is 4.79 Å². The van der Waals surface area contributed by atoms with Gasteiger partial charge in [0.1, 0.15) is 6.29 Å². The maximum atomic E-state index is 8.81. The van der Waals surface area contributed by atoms with Gasteiger partial charge in [0.05, 0.1) is 0 Å². The highest BCUT2D eigenvalue weighted by atomic mass is 35.5. The minimum Gasteiger partial charge on any atom is -0.304 e. The third-order valence-electron chi connectivity index (χ3n) is 0.737. The summed E-state index contributed by atoms with van der Waals surface area (Å²) in [6, 6.07) is 0. The van der Waals surface area contributed by atoms with Crippen LogP contribution in [0.3, 0.4) is 0 Å². The summed E-state index contributed by atoms with van der Waals surface area (Å²) in [5.74, 6) is 0.827. The molecule has 9 heavy (non-hydrogen) atoms. The standard InChI is InChI=1S/C5H11Cl.C2H4O/c1-2-3-4-5-6;1-2-3/h2-5H2,1H3;2H,1H3. The van der Waals surface area contributed by atoms with Crippen molar-refractivity contribution in [1.82, 2.24) is 0 Å². The van der Waals surface area contributed by atoms with Crippen molar-refractivity contribution in [2.45, 2.75) is 33.1 Å². The van der Waals surface area contributed by atoms with Gasteiger partial charge in [0.2, 0.25) is 0 Å². The van der Waals surface area contributed by atoms with E-state index in [2.05, 4.69) is 6.92 Å². The maximum Gasteiger partial charge on any atom is 0.116 e. The first-order valence-electron chi connectivity index (χ1n) is 3.29. The first-order valence-corrected chi connectivity index (χ1v) is 3.82. The second-order valence-corrected chi connectivity index (χ2v) is 2.01. The van der Waals surface area contributed by atoms with Gasteiger partial charge in [0.15, 0.2) is 0 Å². The molecule has 0 aliphatic carbocycles. The van der Waals surface area contributed by atoms with Crippen LogP contribution in [0.25, 0.3) is 0 Å². The van der Waals surface area contributed by atoms with Crippen molar-refractivity contribution in [2.75, 3.05) is 5.88 Å². The number of aldehydes is 1. The van der Waals surface area contributed by atoms with E-state index in [9.17, 15) is 0 Å². The van der Waals surface area contributed by atoms with E-state index >= 15 is 0 Å². The number of rotatable bonds is 3. The lowest BCUT2D eigenvalue weighted by Crippen LogP contribution is -1.70. The molecular formula is C7H15ClO. The summed E-state index contributed by atoms with van der Waals surface area (Å²) < 4.78 is 0. The average Bonchev–Trinajstić information content (AvgIpc) is 1.86. The molecule has 0 radical (unpaired) electrons. The van der Waals surface area contributed by atoms with E-state index in [0.717, 1.165) is 12.2 Å². The monoisotopic (exact) mass is 150 g/mol. The normalized spacial score (nSPS) is 7.44. The van der Waals surface area contributed by atoms with Gasteiger partial charge in [-0.1, -0.05) is 19.8 Å². The molecule has 0 spiro atoms. The molecule has 0 fully saturated rings. The third-order valence-corrected chi connectivity index (χ3v) is 1.00. The second-order valence-electron chi connectivity index (χ2n) is 1.63. The van der Waals surface area contributed by atoms with Gasteiger partial charge in [-0.25, -0.2) is 0 Å². The highest BCUT2D eigenvalue weighted by Crippen LogP contribution is 1.93. The predicted molar refractivity (Wildman–Crippen MR) is 42.0 cm³/mol. The lowest BCUT2D eigenvalue weighted by molar-refractivity contribution is -0.106. The molecule has 0 unspecified atom stereocenters. The van der Waals surface area contributed by atoms with Crippen LogP contribution in [0.5, 0.6) is 0 Å². The highest BCUT2D eigenvalue weighted by molar-refractivity contribution is 6.17. The van der Waals surface area contributed by atoms with Crippen LogP contribution in [0, 0.1) is 0 Å². The second kappa shape index (κ2) is 15.7. The summed E-state index contributed by atoms with van der Waals surface area (Å²) in [5.41, 5.74) is 0. The molecule has 0 aromatic heterocycles. The number of unbranched alkanes of at least 4 members (excludes halogenated alkanes) is 2. The Balaban J connectivity index is 0. The van der Waals surface area contributed by atoms with E-state index in [1.807, 2.05) is 0 Å². The van der Waals surface area contributed by atoms with Gasteiger partial charge >= 0.3 is 0 Å². The zero-order chi connectivity index (χ0) is 7.54. The van der Waals surface area contributed by atoms with Crippen LogP contribution < -0.4 is 0 Å². The molecule has 0 aromatic carbocycles. The Kier molecular flexibility index (Phi) is 20.4. The van der Waals surface area contributed by atoms with E-state index in [1.54, 1.807) is 0 Å². The van der Waals surface area contributed by atoms with Gasteiger partial charge in [0.25, 0.3) is 0 Å². The molecule has 0 atom stereocenters. The van der Waals surface area contributed by atoms with E-state index in [4.69, 9.17) is 16.4 Å². The first kappa shape index (κ1) is 11.7. The highest BCUT2D eigenvalue weighted by Gasteiger charge is 1.76. The fraction of sp³-hybridized carbons (Fsp3) is 0.857. The van der Waals surface area contributed by atoms with E-state index in [1.165, 1.54) is 26.2 Å². The van der Waals surface area contributed by atoms with Crippen molar-refractivity contribution in [1.29, 1.82) is 0 Å². The van der Waals surface area contributed by atoms with Crippen molar-refractivity contribution in [2.24, 2.45) is 0 Å². The summed E-state index contributed by atoms with van der Waals surface area (Å²) in [4.78, 5) is 8.81. The summed E-state index contributed by atoms with van der Waals surface area (Å²) in [5, 5.41) is 0. The van der Waals surface area contributed by atoms with E-state index in [0.29, 0.717) is 0 Å². The number of alkyl halides is 1. The molecule has 0 heterocycles. The van der Waals surface area contributed by atoms with Gasteiger partial charge in [0, 0.05) is 5.88 Å². The Labute approximate surface area is 62.4 Å². The van der Waals surface area contributed by atoms with Gasteiger partial charge in [-0.05, 0) is 13.3 Å². The number of hydrogen-bond acceptors (Lipinski definition) is 1. The zero-order valence-electron chi connectivity index (χ0n) is 6.19. The fourth-order valence-electron chi connectivity index (χ4n) is 0.344. The Morgan fingerprint density at radius 2 is 1.89 bits per heavy atom. The number of carbonyl (C=O) groups is 1. The molecule has 0 aliphatic heterocycles. The number of carbonyl (C=O) groups excluding carboxylic acids is 1. The van der Waals surface area contributed by atoms with Crippen molar-refractivity contribution in [3.8, 4) is 0 Å². The number of hydrogen-bond donors (Lipinski definition) is 0. The Bertz CT molecular complexity index is 42.2. The smallest absolute Gasteiger partial charge is 0.116 e. The van der Waals surface area contributed by atoms with Crippen LogP contribution in [0.4, 0.5) is 0 Å². The molecule has 56 valence electrons. The Morgan fingerprint density at radius 1 is 1.44 bits per heavy atom. The van der Waals surface area contributed by atoms with Crippen molar-refractivity contribution in [3.05, 3.63) is 0 Å². The molecule has 0 aromatic rings. The Morgan fingerprint density at radius 3 is 2.00 bits per heavy atom. The molecular weight excluding hydrogens is 136 g/mol. The van der Waals surface area contributed by atoms with Crippen LogP contribution in [0.2, 0.25) is 0 Å². The van der Waals surface area contributed by atoms with Crippen LogP contribution in [0.1, 0.15) is 33.1 Å². The lowest BCUT2D eigenvalue weighted by atomic mass is 10.3. The predicted octanol–water partition coefficient (Wildman–Crippen LogP) is 2.62. The first-order chi connectivity index (χ1) is 4.33. The average molecular weight is 151 g/mol. The zero-order valence-corrected chi connectivity index (χ0v) is 6.95. The molecule has 0 saturated heterocycles. The SMILES string of the molecule is CC=O.CCCCCCl. The molecule has 0 amide bonds. The topological polar surface area (TPSA) is 17.1 Å². The molecule has 0 aliphatic rings. The quantitative estimate of drug-likeness (QED) is 0.344. The lowest BCUT2D eigenvalue weighted by Gasteiger charge is -1.84. The molecule has 0 saturated carbocycles. The van der Waals surface area contributed by atoms with E-state index < -0.39 is 0 Å². The molecule has 0 bridgehead atoms. The minimum atomic E-state index is 0.750. The fourth-order valence-corrected chi connectivity index (χ4v) is 0.533. The molecule has 1 nitrogen and oxygen atoms in total. The molecule has 0 N–H and O–H groups in total. The van der Waals surface area contributed by atoms with Gasteiger partial charge in [-0.3, -0.25) is 0 Å². The largest absolute Gasteiger partial charge is 0.304 e. The van der Waals surface area contributed by atoms with Gasteiger partial charge < -0.3 is 4.79 Å².